The number of esters is 1. The van der Waals surface area contributed by atoms with Crippen LogP contribution in [0.1, 0.15) is 10.4 Å². The molecule has 0 amide bonds. The van der Waals surface area contributed by atoms with Crippen molar-refractivity contribution in [1.82, 2.24) is 4.98 Å². The lowest BCUT2D eigenvalue weighted by molar-refractivity contribution is 0.0601. The van der Waals surface area contributed by atoms with Crippen LogP contribution in [-0.2, 0) is 4.74 Å². The quantitative estimate of drug-likeness (QED) is 0.694. The van der Waals surface area contributed by atoms with Gasteiger partial charge in [0.05, 0.1) is 19.8 Å². The molecule has 5 nitrogen and oxygen atoms in total. The van der Waals surface area contributed by atoms with Gasteiger partial charge in [-0.05, 0) is 36.4 Å². The van der Waals surface area contributed by atoms with E-state index in [1.54, 1.807) is 24.3 Å². The predicted octanol–water partition coefficient (Wildman–Crippen LogP) is 3.43. The van der Waals surface area contributed by atoms with E-state index >= 15 is 0 Å². The number of carbonyl (C=O) groups excluding carboxylic acids is 1. The van der Waals surface area contributed by atoms with E-state index in [0.717, 1.165) is 0 Å². The van der Waals surface area contributed by atoms with Crippen molar-refractivity contribution in [1.29, 1.82) is 0 Å². The second kappa shape index (κ2) is 5.48. The first-order chi connectivity index (χ1) is 10.6. The van der Waals surface area contributed by atoms with Gasteiger partial charge in [0.2, 0.25) is 5.89 Å². The lowest BCUT2D eigenvalue weighted by Gasteiger charge is -2.02. The van der Waals surface area contributed by atoms with Gasteiger partial charge in [-0.1, -0.05) is 0 Å². The number of aromatic nitrogens is 1. The van der Waals surface area contributed by atoms with Crippen LogP contribution in [0.25, 0.3) is 22.6 Å². The van der Waals surface area contributed by atoms with Crippen LogP contribution in [0.2, 0.25) is 0 Å². The molecular weight excluding hydrogens is 289 g/mol. The molecule has 0 fully saturated rings. The van der Waals surface area contributed by atoms with Crippen molar-refractivity contribution in [3.05, 3.63) is 47.8 Å². The number of halogens is 1. The fourth-order valence-corrected chi connectivity index (χ4v) is 2.09. The van der Waals surface area contributed by atoms with E-state index in [0.29, 0.717) is 28.1 Å². The first-order valence-corrected chi connectivity index (χ1v) is 6.45. The van der Waals surface area contributed by atoms with Crippen molar-refractivity contribution in [2.24, 2.45) is 0 Å². The first-order valence-electron chi connectivity index (χ1n) is 6.45. The number of nitrogens with zero attached hydrogens (tertiary/aromatic N) is 1. The number of benzene rings is 2. The Hall–Kier alpha value is -2.89. The Balaban J connectivity index is 2.06. The molecule has 2 aromatic carbocycles. The molecule has 6 heteroatoms. The molecule has 0 aliphatic carbocycles. The molecular formula is C16H12FNO4. The molecule has 22 heavy (non-hydrogen) atoms. The van der Waals surface area contributed by atoms with Crippen LogP contribution in [0.15, 0.2) is 40.8 Å². The maximum atomic E-state index is 13.4. The molecule has 1 heterocycles. The van der Waals surface area contributed by atoms with Crippen LogP contribution in [-0.4, -0.2) is 25.2 Å². The highest BCUT2D eigenvalue weighted by Gasteiger charge is 2.13. The highest BCUT2D eigenvalue weighted by atomic mass is 19.1. The second-order valence-corrected chi connectivity index (χ2v) is 4.54. The van der Waals surface area contributed by atoms with Crippen LogP contribution in [0.4, 0.5) is 4.39 Å². The van der Waals surface area contributed by atoms with Gasteiger partial charge in [-0.15, -0.1) is 0 Å². The van der Waals surface area contributed by atoms with Crippen molar-refractivity contribution < 1.29 is 23.1 Å². The van der Waals surface area contributed by atoms with E-state index in [2.05, 4.69) is 9.72 Å². The number of hydrogen-bond donors (Lipinski definition) is 0. The van der Waals surface area contributed by atoms with Crippen LogP contribution >= 0.6 is 0 Å². The van der Waals surface area contributed by atoms with E-state index in [4.69, 9.17) is 9.15 Å². The van der Waals surface area contributed by atoms with Gasteiger partial charge in [0.15, 0.2) is 17.1 Å². The molecule has 0 saturated heterocycles. The van der Waals surface area contributed by atoms with E-state index in [-0.39, 0.29) is 5.75 Å². The molecule has 0 N–H and O–H groups in total. The van der Waals surface area contributed by atoms with E-state index in [1.165, 1.54) is 26.4 Å². The zero-order valence-corrected chi connectivity index (χ0v) is 11.9. The third kappa shape index (κ3) is 2.39. The maximum absolute atomic E-state index is 13.4. The molecule has 3 rings (SSSR count). The van der Waals surface area contributed by atoms with E-state index in [9.17, 15) is 9.18 Å². The molecule has 1 aromatic heterocycles. The highest BCUT2D eigenvalue weighted by Crippen LogP contribution is 2.29. The number of ether oxygens (including phenoxy) is 2. The summed E-state index contributed by atoms with van der Waals surface area (Å²) in [5.41, 5.74) is 1.99. The fraction of sp³-hybridized carbons (Fsp3) is 0.125. The third-order valence-electron chi connectivity index (χ3n) is 3.21. The van der Waals surface area contributed by atoms with Crippen molar-refractivity contribution in [2.75, 3.05) is 14.2 Å². The maximum Gasteiger partial charge on any atom is 0.337 e. The Bertz CT molecular complexity index is 856. The Labute approximate surface area is 125 Å². The smallest absolute Gasteiger partial charge is 0.337 e. The minimum Gasteiger partial charge on any atom is -0.494 e. The van der Waals surface area contributed by atoms with E-state index < -0.39 is 11.8 Å². The SMILES string of the molecule is COC(=O)c1ccc2oc(-c3ccc(F)c(OC)c3)nc2c1. The van der Waals surface area contributed by atoms with Crippen molar-refractivity contribution in [3.63, 3.8) is 0 Å². The second-order valence-electron chi connectivity index (χ2n) is 4.54. The van der Waals surface area contributed by atoms with Crippen LogP contribution in [0.5, 0.6) is 5.75 Å². The Morgan fingerprint density at radius 3 is 2.73 bits per heavy atom. The number of methoxy groups -OCH3 is 2. The highest BCUT2D eigenvalue weighted by molar-refractivity contribution is 5.93. The van der Waals surface area contributed by atoms with Crippen LogP contribution in [0.3, 0.4) is 0 Å². The lowest BCUT2D eigenvalue weighted by atomic mass is 10.2. The van der Waals surface area contributed by atoms with Gasteiger partial charge in [0, 0.05) is 5.56 Å². The number of carbonyl (C=O) groups is 1. The van der Waals surface area contributed by atoms with E-state index in [1.807, 2.05) is 0 Å². The van der Waals surface area contributed by atoms with Gasteiger partial charge >= 0.3 is 5.97 Å². The Morgan fingerprint density at radius 1 is 1.18 bits per heavy atom. The summed E-state index contributed by atoms with van der Waals surface area (Å²) in [5.74, 6) is -0.490. The van der Waals surface area contributed by atoms with Crippen molar-refractivity contribution in [2.45, 2.75) is 0 Å². The topological polar surface area (TPSA) is 61.6 Å². The minimum absolute atomic E-state index is 0.106. The summed E-state index contributed by atoms with van der Waals surface area (Å²) in [6.45, 7) is 0. The third-order valence-corrected chi connectivity index (χ3v) is 3.21. The fourth-order valence-electron chi connectivity index (χ4n) is 2.09. The largest absolute Gasteiger partial charge is 0.494 e. The molecule has 0 aliphatic heterocycles. The van der Waals surface area contributed by atoms with Crippen molar-refractivity contribution >= 4 is 17.1 Å². The number of fused-ring (bicyclic) bond motifs is 1. The summed E-state index contributed by atoms with van der Waals surface area (Å²) in [5, 5.41) is 0. The Morgan fingerprint density at radius 2 is 2.00 bits per heavy atom. The first kappa shape index (κ1) is 14.1. The van der Waals surface area contributed by atoms with Gasteiger partial charge in [-0.3, -0.25) is 0 Å². The molecule has 0 aliphatic rings. The monoisotopic (exact) mass is 301 g/mol. The van der Waals surface area contributed by atoms with Gasteiger partial charge in [-0.25, -0.2) is 14.2 Å². The predicted molar refractivity (Wildman–Crippen MR) is 77.3 cm³/mol. The zero-order chi connectivity index (χ0) is 15.7. The van der Waals surface area contributed by atoms with Gasteiger partial charge in [0.1, 0.15) is 5.52 Å². The summed E-state index contributed by atoms with van der Waals surface area (Å²) in [6.07, 6.45) is 0. The molecule has 112 valence electrons. The molecule has 0 radical (unpaired) electrons. The van der Waals surface area contributed by atoms with Gasteiger partial charge in [-0.2, -0.15) is 0 Å². The number of hydrogen-bond acceptors (Lipinski definition) is 5. The lowest BCUT2D eigenvalue weighted by Crippen LogP contribution is -2.00. The summed E-state index contributed by atoms with van der Waals surface area (Å²) in [6, 6.07) is 9.14. The average molecular weight is 301 g/mol. The zero-order valence-electron chi connectivity index (χ0n) is 11.9. The summed E-state index contributed by atoms with van der Waals surface area (Å²) in [7, 11) is 2.70. The molecule has 0 spiro atoms. The molecule has 0 unspecified atom stereocenters. The number of oxazole rings is 1. The standard InChI is InChI=1S/C16H12FNO4/c1-20-14-8-9(3-5-11(14)17)15-18-12-7-10(16(19)21-2)4-6-13(12)22-15/h3-8H,1-2H3. The van der Waals surface area contributed by atoms with Gasteiger partial charge in [0.25, 0.3) is 0 Å². The average Bonchev–Trinajstić information content (AvgIpc) is 2.97. The van der Waals surface area contributed by atoms with Crippen LogP contribution < -0.4 is 4.74 Å². The van der Waals surface area contributed by atoms with Crippen molar-refractivity contribution in [3.8, 4) is 17.2 Å². The number of rotatable bonds is 3. The minimum atomic E-state index is -0.463. The molecule has 3 aromatic rings. The van der Waals surface area contributed by atoms with Crippen LogP contribution in [0, 0.1) is 5.82 Å². The molecule has 0 atom stereocenters. The summed E-state index contributed by atoms with van der Waals surface area (Å²) >= 11 is 0. The Kier molecular flexibility index (Phi) is 3.50. The molecule has 0 bridgehead atoms. The summed E-state index contributed by atoms with van der Waals surface area (Å²) in [4.78, 5) is 15.8. The summed E-state index contributed by atoms with van der Waals surface area (Å²) < 4.78 is 28.7. The normalized spacial score (nSPS) is 10.7. The van der Waals surface area contributed by atoms with Gasteiger partial charge < -0.3 is 13.9 Å². The molecule has 0 saturated carbocycles.